The minimum atomic E-state index is -1.56. The number of amides is 2. The highest BCUT2D eigenvalue weighted by molar-refractivity contribution is 7.21. The zero-order valence-electron chi connectivity index (χ0n) is 23.5. The summed E-state index contributed by atoms with van der Waals surface area (Å²) >= 11 is 1.22. The molecular formula is C32H33N5O4S. The Morgan fingerprint density at radius 1 is 1.10 bits per heavy atom. The molecule has 1 aromatic heterocycles. The summed E-state index contributed by atoms with van der Waals surface area (Å²) in [5, 5.41) is 3.70. The van der Waals surface area contributed by atoms with Crippen molar-refractivity contribution in [2.75, 3.05) is 18.8 Å². The molecule has 6 rings (SSSR count). The topological polar surface area (TPSA) is 154 Å². The number of aryl methyl sites for hydroxylation is 1. The SMILES string of the molecule is CCC(=O)N1CCC(NC(=O)c2sc3c(N)ccc4c3c2C(N)C(=O)C4(N)c2ccc(Oc3ccccc3)cc2C)C1. The fraction of sp³-hybridized carbons (Fsp3) is 0.281. The summed E-state index contributed by atoms with van der Waals surface area (Å²) in [7, 11) is 0. The van der Waals surface area contributed by atoms with Crippen LogP contribution in [-0.4, -0.2) is 41.6 Å². The Balaban J connectivity index is 1.39. The number of ether oxygens (including phenoxy) is 1. The first-order valence-corrected chi connectivity index (χ1v) is 14.8. The molecule has 0 spiro atoms. The van der Waals surface area contributed by atoms with Crippen LogP contribution < -0.4 is 27.3 Å². The van der Waals surface area contributed by atoms with Gasteiger partial charge in [-0.25, -0.2) is 0 Å². The van der Waals surface area contributed by atoms with E-state index in [-0.39, 0.29) is 17.9 Å². The molecule has 3 unspecified atom stereocenters. The molecule has 9 nitrogen and oxygen atoms in total. The maximum atomic E-state index is 14.1. The lowest BCUT2D eigenvalue weighted by Gasteiger charge is -2.37. The summed E-state index contributed by atoms with van der Waals surface area (Å²) in [6.07, 6.45) is 1.08. The standard InChI is InChI=1S/C32H33N5O4S/c1-3-24(38)37-14-13-18(16-37)36-31(40)29-26-25-22(11-12-23(33)28(25)42-29)32(35,30(39)27(26)34)21-10-9-20(15-17(21)2)41-19-7-5-4-6-8-19/h4-12,15,18,27H,3,13-14,16,33-35H2,1-2H3,(H,36,40). The number of Topliss-reactive ketones (excluding diaryl/α,β-unsaturated/α-hetero) is 1. The Bertz CT molecular complexity index is 1740. The van der Waals surface area contributed by atoms with E-state index in [9.17, 15) is 14.4 Å². The van der Waals surface area contributed by atoms with Gasteiger partial charge in [-0.2, -0.15) is 0 Å². The number of carbonyl (C=O) groups excluding carboxylic acids is 3. The van der Waals surface area contributed by atoms with Crippen molar-refractivity contribution in [3.05, 3.63) is 87.8 Å². The van der Waals surface area contributed by atoms with Gasteiger partial charge in [-0.1, -0.05) is 37.3 Å². The molecule has 7 N–H and O–H groups in total. The van der Waals surface area contributed by atoms with Gasteiger partial charge < -0.3 is 32.2 Å². The summed E-state index contributed by atoms with van der Waals surface area (Å²) in [5.41, 5.74) is 21.4. The lowest BCUT2D eigenvalue weighted by atomic mass is 9.69. The predicted octanol–water partition coefficient (Wildman–Crippen LogP) is 4.11. The van der Waals surface area contributed by atoms with Crippen LogP contribution in [-0.2, 0) is 15.1 Å². The third-order valence-electron chi connectivity index (χ3n) is 8.30. The van der Waals surface area contributed by atoms with E-state index in [0.717, 1.165) is 5.56 Å². The smallest absolute Gasteiger partial charge is 0.262 e. The molecule has 216 valence electrons. The minimum Gasteiger partial charge on any atom is -0.457 e. The first-order valence-electron chi connectivity index (χ1n) is 14.0. The molecule has 1 aliphatic heterocycles. The van der Waals surface area contributed by atoms with Gasteiger partial charge in [-0.3, -0.25) is 14.4 Å². The number of carbonyl (C=O) groups is 3. The second-order valence-electron chi connectivity index (χ2n) is 10.9. The van der Waals surface area contributed by atoms with Gasteiger partial charge in [0.15, 0.2) is 5.78 Å². The maximum absolute atomic E-state index is 14.1. The second-order valence-corrected chi connectivity index (χ2v) is 12.0. The first kappa shape index (κ1) is 27.9. The number of hydrogen-bond donors (Lipinski definition) is 4. The van der Waals surface area contributed by atoms with Crippen molar-refractivity contribution in [1.82, 2.24) is 10.2 Å². The van der Waals surface area contributed by atoms with E-state index in [2.05, 4.69) is 5.32 Å². The summed E-state index contributed by atoms with van der Waals surface area (Å²) in [6, 6.07) is 17.0. The number of nitrogens with zero attached hydrogens (tertiary/aromatic N) is 1. The minimum absolute atomic E-state index is 0.0583. The Labute approximate surface area is 247 Å². The van der Waals surface area contributed by atoms with Gasteiger partial charge in [0.25, 0.3) is 5.91 Å². The Hall–Kier alpha value is -4.25. The van der Waals surface area contributed by atoms with Gasteiger partial charge in [0.2, 0.25) is 5.91 Å². The van der Waals surface area contributed by atoms with Gasteiger partial charge in [-0.15, -0.1) is 11.3 Å². The van der Waals surface area contributed by atoms with Gasteiger partial charge in [0.05, 0.1) is 15.6 Å². The molecule has 0 saturated carbocycles. The molecule has 2 heterocycles. The average molecular weight is 584 g/mol. The number of para-hydroxylation sites is 1. The Kier molecular flexibility index (Phi) is 7.00. The molecule has 42 heavy (non-hydrogen) atoms. The second kappa shape index (κ2) is 10.5. The number of benzene rings is 3. The summed E-state index contributed by atoms with van der Waals surface area (Å²) in [6.45, 7) is 4.75. The number of nitrogens with two attached hydrogens (primary N) is 3. The number of nitrogens with one attached hydrogen (secondary N) is 1. The van der Waals surface area contributed by atoms with Crippen LogP contribution in [0.2, 0.25) is 0 Å². The van der Waals surface area contributed by atoms with Crippen molar-refractivity contribution < 1.29 is 19.1 Å². The molecule has 4 aromatic rings. The molecule has 1 saturated heterocycles. The number of likely N-dealkylation sites (tertiary alicyclic amines) is 1. The van der Waals surface area contributed by atoms with E-state index in [1.54, 1.807) is 29.2 Å². The zero-order valence-corrected chi connectivity index (χ0v) is 24.3. The Morgan fingerprint density at radius 2 is 1.83 bits per heavy atom. The molecule has 3 atom stereocenters. The van der Waals surface area contributed by atoms with E-state index in [4.69, 9.17) is 21.9 Å². The van der Waals surface area contributed by atoms with Gasteiger partial charge >= 0.3 is 0 Å². The maximum Gasteiger partial charge on any atom is 0.262 e. The molecule has 1 aliphatic carbocycles. The number of nitrogen functional groups attached to an aromatic ring is 1. The van der Waals surface area contributed by atoms with E-state index in [1.165, 1.54) is 11.3 Å². The normalized spacial score (nSPS) is 21.5. The molecular weight excluding hydrogens is 550 g/mol. The van der Waals surface area contributed by atoms with Gasteiger partial charge in [-0.05, 0) is 60.4 Å². The van der Waals surface area contributed by atoms with Crippen molar-refractivity contribution in [3.8, 4) is 11.5 Å². The lowest BCUT2D eigenvalue weighted by Crippen LogP contribution is -2.53. The molecule has 2 aliphatic rings. The first-order chi connectivity index (χ1) is 20.1. The monoisotopic (exact) mass is 583 g/mol. The van der Waals surface area contributed by atoms with Crippen molar-refractivity contribution in [2.24, 2.45) is 11.5 Å². The van der Waals surface area contributed by atoms with E-state index in [0.29, 0.717) is 74.8 Å². The third-order valence-corrected chi connectivity index (χ3v) is 9.55. The molecule has 3 aromatic carbocycles. The van der Waals surface area contributed by atoms with Crippen LogP contribution in [0.25, 0.3) is 10.1 Å². The van der Waals surface area contributed by atoms with Crippen LogP contribution in [0.3, 0.4) is 0 Å². The van der Waals surface area contributed by atoms with Crippen molar-refractivity contribution >= 4 is 44.7 Å². The number of ketones is 1. The van der Waals surface area contributed by atoms with Crippen LogP contribution in [0.5, 0.6) is 11.5 Å². The summed E-state index contributed by atoms with van der Waals surface area (Å²) in [4.78, 5) is 42.0. The highest BCUT2D eigenvalue weighted by Crippen LogP contribution is 2.50. The largest absolute Gasteiger partial charge is 0.457 e. The average Bonchev–Trinajstić information content (AvgIpc) is 3.62. The van der Waals surface area contributed by atoms with Crippen LogP contribution in [0.1, 0.15) is 57.7 Å². The fourth-order valence-corrected chi connectivity index (χ4v) is 7.38. The van der Waals surface area contributed by atoms with Crippen molar-refractivity contribution in [3.63, 3.8) is 0 Å². The van der Waals surface area contributed by atoms with Crippen LogP contribution in [0, 0.1) is 6.92 Å². The zero-order chi connectivity index (χ0) is 29.8. The number of thiophene rings is 1. The summed E-state index contributed by atoms with van der Waals surface area (Å²) < 4.78 is 6.66. The van der Waals surface area contributed by atoms with E-state index in [1.807, 2.05) is 50.2 Å². The van der Waals surface area contributed by atoms with Gasteiger partial charge in [0.1, 0.15) is 17.0 Å². The van der Waals surface area contributed by atoms with Crippen LogP contribution in [0.15, 0.2) is 60.7 Å². The van der Waals surface area contributed by atoms with Crippen LogP contribution in [0.4, 0.5) is 5.69 Å². The molecule has 10 heteroatoms. The van der Waals surface area contributed by atoms with Crippen LogP contribution >= 0.6 is 11.3 Å². The number of rotatable bonds is 6. The number of anilines is 1. The summed E-state index contributed by atoms with van der Waals surface area (Å²) in [5.74, 6) is 0.622. The highest BCUT2D eigenvalue weighted by atomic mass is 32.1. The fourth-order valence-electron chi connectivity index (χ4n) is 6.17. The Morgan fingerprint density at radius 3 is 2.55 bits per heavy atom. The van der Waals surface area contributed by atoms with E-state index < -0.39 is 17.4 Å². The molecule has 1 fully saturated rings. The van der Waals surface area contributed by atoms with Crippen molar-refractivity contribution in [2.45, 2.75) is 44.3 Å². The lowest BCUT2D eigenvalue weighted by molar-refractivity contribution is -0.129. The molecule has 2 amide bonds. The predicted molar refractivity (Wildman–Crippen MR) is 164 cm³/mol. The van der Waals surface area contributed by atoms with E-state index >= 15 is 0 Å². The number of hydrogen-bond acceptors (Lipinski definition) is 8. The van der Waals surface area contributed by atoms with Crippen molar-refractivity contribution in [1.29, 1.82) is 0 Å². The highest BCUT2D eigenvalue weighted by Gasteiger charge is 2.49. The molecule has 0 radical (unpaired) electrons. The quantitative estimate of drug-likeness (QED) is 0.249. The van der Waals surface area contributed by atoms with Gasteiger partial charge in [0, 0.05) is 42.2 Å². The third kappa shape index (κ3) is 4.43. The molecule has 0 bridgehead atoms.